The molecule has 0 saturated heterocycles. The third kappa shape index (κ3) is 2.02. The van der Waals surface area contributed by atoms with E-state index in [0.717, 1.165) is 18.7 Å². The standard InChI is InChI=1S/C12H17BrN4/c13-11-7-16-12-10(4-5-15-12)17(11)9-3-1-2-8(14)6-9/h4-5,7-9,11,15H,1-3,6,14H2. The summed E-state index contributed by atoms with van der Waals surface area (Å²) in [5, 5.41) is 0. The zero-order valence-corrected chi connectivity index (χ0v) is 11.2. The number of fused-ring (bicyclic) bond motifs is 1. The van der Waals surface area contributed by atoms with Crippen LogP contribution in [-0.2, 0) is 0 Å². The predicted octanol–water partition coefficient (Wildman–Crippen LogP) is 2.53. The van der Waals surface area contributed by atoms with E-state index in [9.17, 15) is 0 Å². The zero-order chi connectivity index (χ0) is 11.8. The summed E-state index contributed by atoms with van der Waals surface area (Å²) >= 11 is 3.69. The first-order valence-electron chi connectivity index (χ1n) is 6.15. The number of hydrogen-bond acceptors (Lipinski definition) is 3. The van der Waals surface area contributed by atoms with E-state index in [0.29, 0.717) is 12.1 Å². The summed E-state index contributed by atoms with van der Waals surface area (Å²) in [4.78, 5) is 10.1. The Kier molecular flexibility index (Phi) is 2.96. The van der Waals surface area contributed by atoms with E-state index in [2.05, 4.69) is 36.9 Å². The van der Waals surface area contributed by atoms with Gasteiger partial charge in [-0.15, -0.1) is 0 Å². The predicted molar refractivity (Wildman–Crippen MR) is 74.4 cm³/mol. The molecule has 1 saturated carbocycles. The highest BCUT2D eigenvalue weighted by Crippen LogP contribution is 2.38. The van der Waals surface area contributed by atoms with E-state index in [1.807, 2.05) is 12.4 Å². The number of aromatic nitrogens is 1. The average Bonchev–Trinajstić information content (AvgIpc) is 2.76. The molecule has 0 spiro atoms. The second-order valence-electron chi connectivity index (χ2n) is 4.85. The number of alkyl halides is 1. The first-order chi connectivity index (χ1) is 8.25. The molecule has 3 N–H and O–H groups in total. The van der Waals surface area contributed by atoms with Gasteiger partial charge in [0.2, 0.25) is 0 Å². The quantitative estimate of drug-likeness (QED) is 0.618. The van der Waals surface area contributed by atoms with Crippen LogP contribution in [0.25, 0.3) is 0 Å². The number of rotatable bonds is 1. The molecule has 3 rings (SSSR count). The van der Waals surface area contributed by atoms with E-state index in [-0.39, 0.29) is 4.95 Å². The van der Waals surface area contributed by atoms with Gasteiger partial charge in [0.15, 0.2) is 5.82 Å². The molecule has 0 radical (unpaired) electrons. The van der Waals surface area contributed by atoms with Crippen molar-refractivity contribution in [3.63, 3.8) is 0 Å². The van der Waals surface area contributed by atoms with Crippen molar-refractivity contribution < 1.29 is 0 Å². The molecule has 1 aliphatic carbocycles. The molecule has 4 nitrogen and oxygen atoms in total. The van der Waals surface area contributed by atoms with Gasteiger partial charge in [0, 0.05) is 24.5 Å². The molecule has 1 aromatic rings. The van der Waals surface area contributed by atoms with Gasteiger partial charge in [-0.25, -0.2) is 4.99 Å². The zero-order valence-electron chi connectivity index (χ0n) is 9.64. The lowest BCUT2D eigenvalue weighted by atomic mass is 9.90. The molecule has 5 heteroatoms. The Morgan fingerprint density at radius 3 is 3.18 bits per heavy atom. The van der Waals surface area contributed by atoms with Crippen LogP contribution in [0.2, 0.25) is 0 Å². The van der Waals surface area contributed by atoms with Gasteiger partial charge in [-0.2, -0.15) is 0 Å². The fourth-order valence-corrected chi connectivity index (χ4v) is 3.53. The first kappa shape index (κ1) is 11.3. The molecule has 2 heterocycles. The summed E-state index contributed by atoms with van der Waals surface area (Å²) in [5.74, 6) is 0.958. The number of nitrogens with one attached hydrogen (secondary N) is 1. The van der Waals surface area contributed by atoms with Crippen molar-refractivity contribution in [3.05, 3.63) is 12.3 Å². The lowest BCUT2D eigenvalue weighted by Gasteiger charge is -2.40. The molecule has 0 aromatic carbocycles. The van der Waals surface area contributed by atoms with Crippen molar-refractivity contribution in [2.45, 2.75) is 42.7 Å². The van der Waals surface area contributed by atoms with E-state index < -0.39 is 0 Å². The number of nitrogens with two attached hydrogens (primary N) is 1. The SMILES string of the molecule is NC1CCCC(N2c3cc[nH]c3N=CC2Br)C1. The van der Waals surface area contributed by atoms with Crippen LogP contribution in [-0.4, -0.2) is 28.2 Å². The van der Waals surface area contributed by atoms with Crippen molar-refractivity contribution >= 4 is 33.6 Å². The maximum absolute atomic E-state index is 6.09. The van der Waals surface area contributed by atoms with Gasteiger partial charge in [-0.1, -0.05) is 15.9 Å². The van der Waals surface area contributed by atoms with Crippen LogP contribution in [0.3, 0.4) is 0 Å². The minimum Gasteiger partial charge on any atom is -0.348 e. The minimum absolute atomic E-state index is 0.182. The molecular formula is C12H17BrN4. The molecular weight excluding hydrogens is 280 g/mol. The number of anilines is 1. The van der Waals surface area contributed by atoms with Crippen LogP contribution in [0, 0.1) is 0 Å². The number of halogens is 1. The molecule has 0 bridgehead atoms. The number of aromatic amines is 1. The van der Waals surface area contributed by atoms with Gasteiger partial charge in [0.05, 0.1) is 5.69 Å². The fraction of sp³-hybridized carbons (Fsp3) is 0.583. The second-order valence-corrected chi connectivity index (χ2v) is 5.79. The first-order valence-corrected chi connectivity index (χ1v) is 7.07. The minimum atomic E-state index is 0.182. The highest BCUT2D eigenvalue weighted by Gasteiger charge is 2.31. The van der Waals surface area contributed by atoms with Crippen LogP contribution in [0.5, 0.6) is 0 Å². The number of nitrogens with zero attached hydrogens (tertiary/aromatic N) is 2. The summed E-state index contributed by atoms with van der Waals surface area (Å²) in [6.07, 6.45) is 8.56. The van der Waals surface area contributed by atoms with Crippen molar-refractivity contribution in [2.24, 2.45) is 10.7 Å². The summed E-state index contributed by atoms with van der Waals surface area (Å²) < 4.78 is 0. The fourth-order valence-electron chi connectivity index (χ4n) is 2.86. The molecule has 3 atom stereocenters. The van der Waals surface area contributed by atoms with Gasteiger partial charge in [0.25, 0.3) is 0 Å². The number of hydrogen-bond donors (Lipinski definition) is 2. The molecule has 1 aliphatic heterocycles. The maximum Gasteiger partial charge on any atom is 0.153 e. The Bertz CT molecular complexity index is 428. The van der Waals surface area contributed by atoms with Gasteiger partial charge in [-0.05, 0) is 31.7 Å². The lowest BCUT2D eigenvalue weighted by Crippen LogP contribution is -2.47. The highest BCUT2D eigenvalue weighted by atomic mass is 79.9. The van der Waals surface area contributed by atoms with E-state index in [1.165, 1.54) is 18.5 Å². The highest BCUT2D eigenvalue weighted by molar-refractivity contribution is 9.10. The Hall–Kier alpha value is -0.810. The lowest BCUT2D eigenvalue weighted by molar-refractivity contribution is 0.377. The summed E-state index contributed by atoms with van der Waals surface area (Å²) in [7, 11) is 0. The smallest absolute Gasteiger partial charge is 0.153 e. The van der Waals surface area contributed by atoms with E-state index >= 15 is 0 Å². The molecule has 1 fully saturated rings. The largest absolute Gasteiger partial charge is 0.348 e. The Morgan fingerprint density at radius 1 is 1.47 bits per heavy atom. The molecule has 1 aromatic heterocycles. The normalized spacial score (nSPS) is 32.6. The van der Waals surface area contributed by atoms with Crippen molar-refractivity contribution in [2.75, 3.05) is 4.90 Å². The third-order valence-corrected chi connectivity index (χ3v) is 4.33. The van der Waals surface area contributed by atoms with Gasteiger partial charge >= 0.3 is 0 Å². The molecule has 3 unspecified atom stereocenters. The monoisotopic (exact) mass is 296 g/mol. The Labute approximate surface area is 109 Å². The van der Waals surface area contributed by atoms with Crippen LogP contribution >= 0.6 is 15.9 Å². The second kappa shape index (κ2) is 4.46. The van der Waals surface area contributed by atoms with Gasteiger partial charge in [-0.3, -0.25) is 0 Å². The average molecular weight is 297 g/mol. The topological polar surface area (TPSA) is 57.4 Å². The van der Waals surface area contributed by atoms with E-state index in [1.54, 1.807) is 0 Å². The number of H-pyrrole nitrogens is 1. The van der Waals surface area contributed by atoms with Crippen LogP contribution in [0.1, 0.15) is 25.7 Å². The van der Waals surface area contributed by atoms with Crippen LogP contribution in [0.4, 0.5) is 11.5 Å². The Balaban J connectivity index is 1.89. The van der Waals surface area contributed by atoms with Crippen molar-refractivity contribution in [3.8, 4) is 0 Å². The summed E-state index contributed by atoms with van der Waals surface area (Å²) in [6, 6.07) is 2.96. The van der Waals surface area contributed by atoms with Crippen LogP contribution < -0.4 is 10.6 Å². The van der Waals surface area contributed by atoms with Gasteiger partial charge < -0.3 is 15.6 Å². The summed E-state index contributed by atoms with van der Waals surface area (Å²) in [6.45, 7) is 0. The van der Waals surface area contributed by atoms with Crippen molar-refractivity contribution in [1.82, 2.24) is 4.98 Å². The number of aliphatic imine (C=N–C) groups is 1. The summed E-state index contributed by atoms with van der Waals surface area (Å²) in [5.41, 5.74) is 7.28. The maximum atomic E-state index is 6.09. The van der Waals surface area contributed by atoms with Crippen LogP contribution in [0.15, 0.2) is 17.3 Å². The molecule has 17 heavy (non-hydrogen) atoms. The molecule has 0 amide bonds. The third-order valence-electron chi connectivity index (χ3n) is 3.65. The van der Waals surface area contributed by atoms with Crippen molar-refractivity contribution in [1.29, 1.82) is 0 Å². The van der Waals surface area contributed by atoms with Gasteiger partial charge in [0.1, 0.15) is 4.95 Å². The molecule has 2 aliphatic rings. The Morgan fingerprint density at radius 2 is 2.35 bits per heavy atom. The van der Waals surface area contributed by atoms with E-state index in [4.69, 9.17) is 5.73 Å². The molecule has 92 valence electrons.